The standard InChI is InChI=1S/C13H13O4/c1-9-5-4-6-10(7-9)8-11(12(14)16-2)13(15)17-3/h4,6-8H,1-3H3. The molecular weight excluding hydrogens is 220 g/mol. The second kappa shape index (κ2) is 5.84. The van der Waals surface area contributed by atoms with Gasteiger partial charge in [0.05, 0.1) is 14.2 Å². The summed E-state index contributed by atoms with van der Waals surface area (Å²) in [5, 5.41) is 0. The Balaban J connectivity index is 3.13. The summed E-state index contributed by atoms with van der Waals surface area (Å²) in [6.07, 6.45) is 1.43. The van der Waals surface area contributed by atoms with Crippen LogP contribution in [0.25, 0.3) is 6.08 Å². The third-order valence-corrected chi connectivity index (χ3v) is 2.09. The Bertz CT molecular complexity index is 442. The minimum atomic E-state index is -0.720. The zero-order chi connectivity index (χ0) is 12.8. The number of benzene rings is 1. The average molecular weight is 233 g/mol. The maximum Gasteiger partial charge on any atom is 0.345 e. The number of hydrogen-bond donors (Lipinski definition) is 0. The molecule has 0 heterocycles. The van der Waals surface area contributed by atoms with E-state index in [1.807, 2.05) is 6.92 Å². The van der Waals surface area contributed by atoms with Gasteiger partial charge in [-0.2, -0.15) is 0 Å². The first-order valence-electron chi connectivity index (χ1n) is 4.95. The molecule has 0 saturated heterocycles. The van der Waals surface area contributed by atoms with E-state index in [4.69, 9.17) is 0 Å². The highest BCUT2D eigenvalue weighted by molar-refractivity contribution is 6.17. The number of ether oxygens (including phenoxy) is 2. The van der Waals surface area contributed by atoms with Gasteiger partial charge in [-0.25, -0.2) is 9.59 Å². The van der Waals surface area contributed by atoms with Crippen molar-refractivity contribution in [2.75, 3.05) is 14.2 Å². The molecule has 4 heteroatoms. The van der Waals surface area contributed by atoms with Crippen LogP contribution in [0.2, 0.25) is 0 Å². The molecule has 89 valence electrons. The molecule has 0 aliphatic rings. The third kappa shape index (κ3) is 3.45. The third-order valence-electron chi connectivity index (χ3n) is 2.09. The largest absolute Gasteiger partial charge is 0.465 e. The first kappa shape index (κ1) is 13.0. The van der Waals surface area contributed by atoms with Crippen molar-refractivity contribution in [3.63, 3.8) is 0 Å². The highest BCUT2D eigenvalue weighted by Crippen LogP contribution is 2.11. The molecule has 0 spiro atoms. The normalized spacial score (nSPS) is 9.35. The van der Waals surface area contributed by atoms with Crippen LogP contribution in [0.5, 0.6) is 0 Å². The molecule has 0 bridgehead atoms. The van der Waals surface area contributed by atoms with Crippen molar-refractivity contribution in [2.24, 2.45) is 0 Å². The fourth-order valence-electron chi connectivity index (χ4n) is 1.29. The van der Waals surface area contributed by atoms with Gasteiger partial charge < -0.3 is 9.47 Å². The zero-order valence-electron chi connectivity index (χ0n) is 9.94. The minimum Gasteiger partial charge on any atom is -0.465 e. The van der Waals surface area contributed by atoms with Gasteiger partial charge in [-0.05, 0) is 30.2 Å². The van der Waals surface area contributed by atoms with Crippen LogP contribution in [-0.4, -0.2) is 26.2 Å². The van der Waals surface area contributed by atoms with Crippen molar-refractivity contribution in [1.82, 2.24) is 0 Å². The first-order chi connectivity index (χ1) is 8.08. The molecule has 0 saturated carbocycles. The van der Waals surface area contributed by atoms with E-state index < -0.39 is 11.9 Å². The summed E-state index contributed by atoms with van der Waals surface area (Å²) in [5.74, 6) is -1.44. The zero-order valence-corrected chi connectivity index (χ0v) is 9.94. The van der Waals surface area contributed by atoms with E-state index >= 15 is 0 Å². The van der Waals surface area contributed by atoms with Gasteiger partial charge in [-0.15, -0.1) is 0 Å². The van der Waals surface area contributed by atoms with E-state index in [0.717, 1.165) is 5.56 Å². The van der Waals surface area contributed by atoms with Gasteiger partial charge >= 0.3 is 11.9 Å². The monoisotopic (exact) mass is 233 g/mol. The summed E-state index contributed by atoms with van der Waals surface area (Å²) in [6, 6.07) is 8.22. The molecule has 17 heavy (non-hydrogen) atoms. The van der Waals surface area contributed by atoms with Crippen molar-refractivity contribution < 1.29 is 19.1 Å². The molecule has 0 aliphatic heterocycles. The van der Waals surface area contributed by atoms with Gasteiger partial charge in [-0.3, -0.25) is 0 Å². The molecule has 4 nitrogen and oxygen atoms in total. The number of hydrogen-bond acceptors (Lipinski definition) is 4. The average Bonchev–Trinajstić information content (AvgIpc) is 2.34. The molecule has 0 aromatic heterocycles. The molecule has 1 radical (unpaired) electrons. The van der Waals surface area contributed by atoms with Crippen LogP contribution in [0.4, 0.5) is 0 Å². The smallest absolute Gasteiger partial charge is 0.345 e. The van der Waals surface area contributed by atoms with Crippen molar-refractivity contribution >= 4 is 18.0 Å². The van der Waals surface area contributed by atoms with Crippen LogP contribution >= 0.6 is 0 Å². The number of carbonyl (C=O) groups is 2. The Kier molecular flexibility index (Phi) is 4.46. The van der Waals surface area contributed by atoms with Crippen LogP contribution < -0.4 is 0 Å². The van der Waals surface area contributed by atoms with Gasteiger partial charge in [0.2, 0.25) is 0 Å². The topological polar surface area (TPSA) is 52.6 Å². The van der Waals surface area contributed by atoms with E-state index in [9.17, 15) is 9.59 Å². The Morgan fingerprint density at radius 1 is 1.24 bits per heavy atom. The summed E-state index contributed by atoms with van der Waals surface area (Å²) in [6.45, 7) is 1.87. The summed E-state index contributed by atoms with van der Waals surface area (Å²) < 4.78 is 9.04. The van der Waals surface area contributed by atoms with Crippen LogP contribution in [0.1, 0.15) is 11.1 Å². The maximum absolute atomic E-state index is 11.4. The van der Waals surface area contributed by atoms with Crippen molar-refractivity contribution in [3.05, 3.63) is 41.0 Å². The van der Waals surface area contributed by atoms with Crippen molar-refractivity contribution in [2.45, 2.75) is 6.92 Å². The Morgan fingerprint density at radius 2 is 1.82 bits per heavy atom. The molecule has 1 aromatic rings. The molecule has 0 aliphatic carbocycles. The van der Waals surface area contributed by atoms with E-state index in [1.165, 1.54) is 20.3 Å². The fraction of sp³-hybridized carbons (Fsp3) is 0.231. The predicted octanol–water partition coefficient (Wildman–Crippen LogP) is 1.52. The first-order valence-corrected chi connectivity index (χ1v) is 4.95. The second-order valence-electron chi connectivity index (χ2n) is 3.35. The number of esters is 2. The van der Waals surface area contributed by atoms with E-state index in [-0.39, 0.29) is 5.57 Å². The highest BCUT2D eigenvalue weighted by Gasteiger charge is 2.19. The molecule has 0 unspecified atom stereocenters. The SMILES string of the molecule is COC(=O)C(=Cc1cc[c]c(C)c1)C(=O)OC. The van der Waals surface area contributed by atoms with Gasteiger partial charge in [-0.1, -0.05) is 18.2 Å². The lowest BCUT2D eigenvalue weighted by Gasteiger charge is -2.03. The summed E-state index contributed by atoms with van der Waals surface area (Å²) >= 11 is 0. The summed E-state index contributed by atoms with van der Waals surface area (Å²) in [4.78, 5) is 22.8. The highest BCUT2D eigenvalue weighted by atomic mass is 16.5. The molecule has 0 N–H and O–H groups in total. The Labute approximate surface area is 99.8 Å². The van der Waals surface area contributed by atoms with Crippen molar-refractivity contribution in [1.29, 1.82) is 0 Å². The lowest BCUT2D eigenvalue weighted by atomic mass is 10.1. The molecular formula is C13H13O4. The lowest BCUT2D eigenvalue weighted by molar-refractivity contribution is -0.143. The number of rotatable bonds is 3. The molecule has 0 amide bonds. The van der Waals surface area contributed by atoms with Crippen LogP contribution in [0.15, 0.2) is 23.8 Å². The van der Waals surface area contributed by atoms with E-state index in [0.29, 0.717) is 5.56 Å². The molecule has 0 fully saturated rings. The molecule has 1 rings (SSSR count). The van der Waals surface area contributed by atoms with Crippen LogP contribution in [-0.2, 0) is 19.1 Å². The number of aryl methyl sites for hydroxylation is 1. The van der Waals surface area contributed by atoms with Crippen LogP contribution in [0.3, 0.4) is 0 Å². The minimum absolute atomic E-state index is 0.138. The molecule has 1 aromatic carbocycles. The Morgan fingerprint density at radius 3 is 2.29 bits per heavy atom. The summed E-state index contributed by atoms with van der Waals surface area (Å²) in [5.41, 5.74) is 1.49. The van der Waals surface area contributed by atoms with Gasteiger partial charge in [0.1, 0.15) is 5.57 Å². The fourth-order valence-corrected chi connectivity index (χ4v) is 1.29. The predicted molar refractivity (Wildman–Crippen MR) is 62.0 cm³/mol. The van der Waals surface area contributed by atoms with Crippen molar-refractivity contribution in [3.8, 4) is 0 Å². The van der Waals surface area contributed by atoms with E-state index in [1.54, 1.807) is 18.2 Å². The second-order valence-corrected chi connectivity index (χ2v) is 3.35. The Hall–Kier alpha value is -2.10. The van der Waals surface area contributed by atoms with Gasteiger partial charge in [0, 0.05) is 0 Å². The molecule has 0 atom stereocenters. The number of carbonyl (C=O) groups excluding carboxylic acids is 2. The van der Waals surface area contributed by atoms with Crippen LogP contribution in [0, 0.1) is 13.0 Å². The lowest BCUT2D eigenvalue weighted by Crippen LogP contribution is -2.15. The van der Waals surface area contributed by atoms with Gasteiger partial charge in [0.15, 0.2) is 0 Å². The quantitative estimate of drug-likeness (QED) is 0.344. The maximum atomic E-state index is 11.4. The summed E-state index contributed by atoms with van der Waals surface area (Å²) in [7, 11) is 2.42. The number of methoxy groups -OCH3 is 2. The van der Waals surface area contributed by atoms with E-state index in [2.05, 4.69) is 15.5 Å². The van der Waals surface area contributed by atoms with Gasteiger partial charge in [0.25, 0.3) is 0 Å².